The number of anilines is 2. The summed E-state index contributed by atoms with van der Waals surface area (Å²) in [4.78, 5) is 26.2. The third-order valence-corrected chi connectivity index (χ3v) is 3.81. The van der Waals surface area contributed by atoms with Gasteiger partial charge in [0.25, 0.3) is 0 Å². The van der Waals surface area contributed by atoms with Gasteiger partial charge < -0.3 is 5.73 Å². The second-order valence-electron chi connectivity index (χ2n) is 5.28. The minimum Gasteiger partial charge on any atom is -0.399 e. The molecule has 2 aromatic carbocycles. The number of benzene rings is 2. The van der Waals surface area contributed by atoms with E-state index in [1.165, 1.54) is 4.90 Å². The van der Waals surface area contributed by atoms with Gasteiger partial charge in [-0.05, 0) is 36.2 Å². The van der Waals surface area contributed by atoms with Crippen molar-refractivity contribution in [1.82, 2.24) is 0 Å². The van der Waals surface area contributed by atoms with Crippen LogP contribution in [-0.4, -0.2) is 11.8 Å². The highest BCUT2D eigenvalue weighted by molar-refractivity contribution is 6.23. The Morgan fingerprint density at radius 3 is 2.48 bits per heavy atom. The first kappa shape index (κ1) is 13.4. The van der Waals surface area contributed by atoms with Gasteiger partial charge in [0, 0.05) is 12.1 Å². The van der Waals surface area contributed by atoms with E-state index < -0.39 is 5.92 Å². The lowest BCUT2D eigenvalue weighted by molar-refractivity contribution is -0.121. The Kier molecular flexibility index (Phi) is 3.22. The topological polar surface area (TPSA) is 63.4 Å². The molecule has 1 fully saturated rings. The van der Waals surface area contributed by atoms with Crippen molar-refractivity contribution in [1.29, 1.82) is 0 Å². The van der Waals surface area contributed by atoms with E-state index in [1.807, 2.05) is 37.3 Å². The predicted molar refractivity (Wildman–Crippen MR) is 81.9 cm³/mol. The molecule has 106 valence electrons. The number of rotatable bonds is 2. The summed E-state index contributed by atoms with van der Waals surface area (Å²) in [5.41, 5.74) is 8.67. The molecule has 0 bridgehead atoms. The first-order valence-corrected chi connectivity index (χ1v) is 6.86. The van der Waals surface area contributed by atoms with E-state index in [4.69, 9.17) is 5.73 Å². The fourth-order valence-corrected chi connectivity index (χ4v) is 2.76. The van der Waals surface area contributed by atoms with Gasteiger partial charge in [-0.15, -0.1) is 0 Å². The molecule has 2 aromatic rings. The Labute approximate surface area is 123 Å². The Morgan fingerprint density at radius 1 is 1.10 bits per heavy atom. The molecule has 1 saturated heterocycles. The zero-order chi connectivity index (χ0) is 15.0. The fourth-order valence-electron chi connectivity index (χ4n) is 2.76. The lowest BCUT2D eigenvalue weighted by Crippen LogP contribution is -2.30. The van der Waals surface area contributed by atoms with Gasteiger partial charge in [0.2, 0.25) is 11.8 Å². The van der Waals surface area contributed by atoms with Gasteiger partial charge >= 0.3 is 0 Å². The number of aryl methyl sites for hydroxylation is 1. The third-order valence-electron chi connectivity index (χ3n) is 3.81. The van der Waals surface area contributed by atoms with Gasteiger partial charge in [-0.2, -0.15) is 0 Å². The van der Waals surface area contributed by atoms with Crippen molar-refractivity contribution < 1.29 is 9.59 Å². The van der Waals surface area contributed by atoms with Crippen molar-refractivity contribution in [2.24, 2.45) is 0 Å². The van der Waals surface area contributed by atoms with Crippen molar-refractivity contribution in [2.45, 2.75) is 19.3 Å². The molecule has 2 amide bonds. The monoisotopic (exact) mass is 280 g/mol. The molecule has 3 rings (SSSR count). The molecule has 1 heterocycles. The summed E-state index contributed by atoms with van der Waals surface area (Å²) >= 11 is 0. The van der Waals surface area contributed by atoms with Gasteiger partial charge in [-0.25, -0.2) is 4.90 Å². The molecule has 21 heavy (non-hydrogen) atoms. The largest absolute Gasteiger partial charge is 0.399 e. The maximum absolute atomic E-state index is 12.6. The first-order valence-electron chi connectivity index (χ1n) is 6.86. The molecule has 4 nitrogen and oxygen atoms in total. The second kappa shape index (κ2) is 5.05. The van der Waals surface area contributed by atoms with Crippen LogP contribution in [0, 0.1) is 6.92 Å². The number of amides is 2. The van der Waals surface area contributed by atoms with E-state index in [0.717, 1.165) is 11.1 Å². The molecule has 2 N–H and O–H groups in total. The molecule has 1 aliphatic heterocycles. The molecular weight excluding hydrogens is 264 g/mol. The number of imide groups is 1. The van der Waals surface area contributed by atoms with Crippen molar-refractivity contribution >= 4 is 23.2 Å². The quantitative estimate of drug-likeness (QED) is 0.679. The van der Waals surface area contributed by atoms with Gasteiger partial charge in [-0.1, -0.05) is 30.3 Å². The zero-order valence-corrected chi connectivity index (χ0v) is 11.7. The summed E-state index contributed by atoms with van der Waals surface area (Å²) in [5.74, 6) is -0.726. The summed E-state index contributed by atoms with van der Waals surface area (Å²) in [6.45, 7) is 1.85. The highest BCUT2D eigenvalue weighted by Crippen LogP contribution is 2.34. The summed E-state index contributed by atoms with van der Waals surface area (Å²) in [7, 11) is 0. The van der Waals surface area contributed by atoms with E-state index in [2.05, 4.69) is 0 Å². The van der Waals surface area contributed by atoms with Crippen LogP contribution in [-0.2, 0) is 9.59 Å². The van der Waals surface area contributed by atoms with E-state index in [9.17, 15) is 9.59 Å². The normalized spacial score (nSPS) is 18.3. The molecule has 4 heteroatoms. The van der Waals surface area contributed by atoms with Crippen LogP contribution >= 0.6 is 0 Å². The van der Waals surface area contributed by atoms with Crippen molar-refractivity contribution in [3.05, 3.63) is 59.7 Å². The highest BCUT2D eigenvalue weighted by Gasteiger charge is 2.40. The lowest BCUT2D eigenvalue weighted by Gasteiger charge is -2.18. The molecule has 0 aliphatic carbocycles. The maximum atomic E-state index is 12.6. The van der Waals surface area contributed by atoms with E-state index in [1.54, 1.807) is 18.2 Å². The van der Waals surface area contributed by atoms with Gasteiger partial charge in [0.05, 0.1) is 11.6 Å². The summed E-state index contributed by atoms with van der Waals surface area (Å²) in [5, 5.41) is 0. The Hall–Kier alpha value is -2.62. The van der Waals surface area contributed by atoms with Crippen LogP contribution in [0.1, 0.15) is 23.5 Å². The van der Waals surface area contributed by atoms with E-state index in [0.29, 0.717) is 11.4 Å². The summed E-state index contributed by atoms with van der Waals surface area (Å²) in [6, 6.07) is 14.6. The Balaban J connectivity index is 1.98. The van der Waals surface area contributed by atoms with Crippen LogP contribution in [0.5, 0.6) is 0 Å². The number of carbonyl (C=O) groups excluding carboxylic acids is 2. The average Bonchev–Trinajstić information content (AvgIpc) is 2.76. The number of hydrogen-bond acceptors (Lipinski definition) is 3. The molecule has 1 aliphatic rings. The zero-order valence-electron chi connectivity index (χ0n) is 11.7. The highest BCUT2D eigenvalue weighted by atomic mass is 16.2. The van der Waals surface area contributed by atoms with Crippen LogP contribution in [0.4, 0.5) is 11.4 Å². The van der Waals surface area contributed by atoms with Crippen LogP contribution in [0.2, 0.25) is 0 Å². The van der Waals surface area contributed by atoms with E-state index in [-0.39, 0.29) is 18.2 Å². The number of nitrogen functional groups attached to an aromatic ring is 1. The predicted octanol–water partition coefficient (Wildman–Crippen LogP) is 2.62. The van der Waals surface area contributed by atoms with E-state index >= 15 is 0 Å². The Morgan fingerprint density at radius 2 is 1.81 bits per heavy atom. The summed E-state index contributed by atoms with van der Waals surface area (Å²) < 4.78 is 0. The number of nitrogens with two attached hydrogens (primary N) is 1. The first-order chi connectivity index (χ1) is 10.1. The van der Waals surface area contributed by atoms with Crippen LogP contribution in [0.3, 0.4) is 0 Å². The van der Waals surface area contributed by atoms with Gasteiger partial charge in [-0.3, -0.25) is 9.59 Å². The fraction of sp³-hybridized carbons (Fsp3) is 0.176. The SMILES string of the molecule is Cc1cc(N)ccc1N1C(=O)CC(c2ccccc2)C1=O. The third kappa shape index (κ3) is 2.29. The molecule has 1 atom stereocenters. The minimum absolute atomic E-state index is 0.165. The van der Waals surface area contributed by atoms with Crippen LogP contribution in [0.15, 0.2) is 48.5 Å². The van der Waals surface area contributed by atoms with Crippen molar-refractivity contribution in [2.75, 3.05) is 10.6 Å². The molecule has 0 spiro atoms. The standard InChI is InChI=1S/C17H16N2O2/c1-11-9-13(18)7-8-15(11)19-16(20)10-14(17(19)21)12-5-3-2-4-6-12/h2-9,14H,10,18H2,1H3. The molecule has 0 aromatic heterocycles. The number of carbonyl (C=O) groups is 2. The van der Waals surface area contributed by atoms with Gasteiger partial charge in [0.15, 0.2) is 0 Å². The molecular formula is C17H16N2O2. The van der Waals surface area contributed by atoms with Crippen molar-refractivity contribution in [3.8, 4) is 0 Å². The maximum Gasteiger partial charge on any atom is 0.241 e. The molecule has 0 radical (unpaired) electrons. The van der Waals surface area contributed by atoms with Crippen molar-refractivity contribution in [3.63, 3.8) is 0 Å². The molecule has 1 unspecified atom stereocenters. The Bertz CT molecular complexity index is 710. The minimum atomic E-state index is -0.393. The van der Waals surface area contributed by atoms with Crippen LogP contribution in [0.25, 0.3) is 0 Å². The molecule has 0 saturated carbocycles. The van der Waals surface area contributed by atoms with Crippen LogP contribution < -0.4 is 10.6 Å². The number of hydrogen-bond donors (Lipinski definition) is 1. The second-order valence-corrected chi connectivity index (χ2v) is 5.28. The summed E-state index contributed by atoms with van der Waals surface area (Å²) in [6.07, 6.45) is 0.215. The van der Waals surface area contributed by atoms with Gasteiger partial charge in [0.1, 0.15) is 0 Å². The number of nitrogens with zero attached hydrogens (tertiary/aromatic N) is 1. The lowest BCUT2D eigenvalue weighted by atomic mass is 9.98. The average molecular weight is 280 g/mol. The smallest absolute Gasteiger partial charge is 0.241 e.